The van der Waals surface area contributed by atoms with E-state index in [1.807, 2.05) is 30.3 Å². The third-order valence-corrected chi connectivity index (χ3v) is 3.69. The Hall–Kier alpha value is -2.85. The van der Waals surface area contributed by atoms with Crippen LogP contribution in [0.4, 0.5) is 4.79 Å². The zero-order chi connectivity index (χ0) is 19.2. The third-order valence-electron chi connectivity index (χ3n) is 3.69. The minimum absolute atomic E-state index is 0.204. The van der Waals surface area contributed by atoms with Gasteiger partial charge in [0.1, 0.15) is 5.60 Å². The lowest BCUT2D eigenvalue weighted by Crippen LogP contribution is -2.39. The van der Waals surface area contributed by atoms with E-state index in [0.717, 1.165) is 5.56 Å². The first-order valence-corrected chi connectivity index (χ1v) is 7.96. The number of ether oxygens (including phenoxy) is 4. The highest BCUT2D eigenvalue weighted by Crippen LogP contribution is 2.29. The van der Waals surface area contributed by atoms with Crippen molar-refractivity contribution in [3.05, 3.63) is 35.9 Å². The number of carbonyl (C=O) groups is 3. The topological polar surface area (TPSA) is 88.1 Å². The minimum atomic E-state index is -1.79. The van der Waals surface area contributed by atoms with Crippen LogP contribution >= 0.6 is 0 Å². The molecule has 138 valence electrons. The molecular formula is C19H20O7. The summed E-state index contributed by atoms with van der Waals surface area (Å²) in [6.07, 6.45) is -1.82. The van der Waals surface area contributed by atoms with Gasteiger partial charge in [-0.1, -0.05) is 42.2 Å². The van der Waals surface area contributed by atoms with Gasteiger partial charge < -0.3 is 18.9 Å². The maximum atomic E-state index is 11.9. The molecule has 0 bridgehead atoms. The quantitative estimate of drug-likeness (QED) is 0.437. The van der Waals surface area contributed by atoms with Crippen molar-refractivity contribution in [2.24, 2.45) is 0 Å². The molecule has 1 fully saturated rings. The van der Waals surface area contributed by atoms with Gasteiger partial charge in [0.15, 0.2) is 0 Å². The van der Waals surface area contributed by atoms with Crippen LogP contribution in [0.3, 0.4) is 0 Å². The summed E-state index contributed by atoms with van der Waals surface area (Å²) in [5, 5.41) is 0. The fourth-order valence-electron chi connectivity index (χ4n) is 2.25. The van der Waals surface area contributed by atoms with E-state index < -0.39 is 35.7 Å². The van der Waals surface area contributed by atoms with Crippen molar-refractivity contribution in [3.8, 4) is 11.8 Å². The molecule has 0 aromatic heterocycles. The van der Waals surface area contributed by atoms with Gasteiger partial charge in [-0.3, -0.25) is 4.79 Å². The molecule has 0 amide bonds. The maximum Gasteiger partial charge on any atom is 0.517 e. The van der Waals surface area contributed by atoms with Crippen LogP contribution in [0, 0.1) is 11.8 Å². The monoisotopic (exact) mass is 360 g/mol. The number of methoxy groups -OCH3 is 1. The molecule has 1 aromatic carbocycles. The molecule has 1 aliphatic heterocycles. The normalized spacial score (nSPS) is 19.2. The molecule has 0 unspecified atom stereocenters. The third kappa shape index (κ3) is 5.07. The van der Waals surface area contributed by atoms with Crippen LogP contribution in [-0.4, -0.2) is 36.4 Å². The minimum Gasteiger partial charge on any atom is -0.469 e. The van der Waals surface area contributed by atoms with E-state index >= 15 is 0 Å². The number of benzene rings is 1. The van der Waals surface area contributed by atoms with Crippen molar-refractivity contribution in [2.45, 2.75) is 44.5 Å². The fraction of sp³-hybridized carbons (Fsp3) is 0.421. The van der Waals surface area contributed by atoms with Crippen LogP contribution < -0.4 is 0 Å². The van der Waals surface area contributed by atoms with E-state index in [2.05, 4.69) is 21.3 Å². The number of carbonyl (C=O) groups excluding carboxylic acids is 3. The summed E-state index contributed by atoms with van der Waals surface area (Å²) in [6, 6.07) is 9.60. The molecule has 0 spiro atoms. The lowest BCUT2D eigenvalue weighted by Gasteiger charge is -2.21. The Balaban J connectivity index is 2.05. The molecule has 7 heteroatoms. The number of rotatable bonds is 6. The van der Waals surface area contributed by atoms with Gasteiger partial charge in [0, 0.05) is 0 Å². The van der Waals surface area contributed by atoms with E-state index in [1.54, 1.807) is 13.8 Å². The Morgan fingerprint density at radius 2 is 1.92 bits per heavy atom. The predicted octanol–water partition coefficient (Wildman–Crippen LogP) is 2.37. The van der Waals surface area contributed by atoms with E-state index in [-0.39, 0.29) is 6.42 Å². The van der Waals surface area contributed by atoms with Crippen LogP contribution in [0.1, 0.15) is 32.3 Å². The standard InChI is InChI=1S/C19H20O7/c1-18(2,24-13-14-8-5-4-6-9-14)10-7-11-19(12-15(20)23-3)16(21)25-17(22)26-19/h4-6,8-9H,11-13H2,1-3H3/t19-/m1/s1. The SMILES string of the molecule is COC(=O)C[C@@]1(CC#CC(C)(C)OCc2ccccc2)OC(=O)OC1=O. The lowest BCUT2D eigenvalue weighted by molar-refractivity contribution is -0.153. The van der Waals surface area contributed by atoms with Crippen LogP contribution in [0.2, 0.25) is 0 Å². The molecular weight excluding hydrogens is 340 g/mol. The van der Waals surface area contributed by atoms with Crippen molar-refractivity contribution in [2.75, 3.05) is 7.11 Å². The van der Waals surface area contributed by atoms with E-state index in [4.69, 9.17) is 9.47 Å². The highest BCUT2D eigenvalue weighted by atomic mass is 16.8. The molecule has 1 heterocycles. The second-order valence-corrected chi connectivity index (χ2v) is 6.25. The summed E-state index contributed by atoms with van der Waals surface area (Å²) in [6.45, 7) is 3.91. The largest absolute Gasteiger partial charge is 0.517 e. The molecule has 1 aromatic rings. The molecule has 7 nitrogen and oxygen atoms in total. The molecule has 0 N–H and O–H groups in total. The molecule has 1 aliphatic rings. The van der Waals surface area contributed by atoms with Gasteiger partial charge in [-0.15, -0.1) is 0 Å². The molecule has 0 aliphatic carbocycles. The summed E-state index contributed by atoms with van der Waals surface area (Å²) in [5.41, 5.74) is -1.60. The molecule has 2 rings (SSSR count). The van der Waals surface area contributed by atoms with E-state index in [9.17, 15) is 14.4 Å². The summed E-state index contributed by atoms with van der Waals surface area (Å²) in [7, 11) is 1.17. The smallest absolute Gasteiger partial charge is 0.469 e. The molecule has 1 atom stereocenters. The summed E-state index contributed by atoms with van der Waals surface area (Å²) >= 11 is 0. The number of hydrogen-bond acceptors (Lipinski definition) is 7. The second kappa shape index (κ2) is 8.02. The van der Waals surface area contributed by atoms with Crippen LogP contribution in [-0.2, 0) is 35.1 Å². The van der Waals surface area contributed by atoms with Gasteiger partial charge >= 0.3 is 18.1 Å². The van der Waals surface area contributed by atoms with Gasteiger partial charge in [0.25, 0.3) is 0 Å². The first-order chi connectivity index (χ1) is 12.3. The number of hydrogen-bond donors (Lipinski definition) is 0. The van der Waals surface area contributed by atoms with E-state index in [1.165, 1.54) is 7.11 Å². The van der Waals surface area contributed by atoms with Gasteiger partial charge in [0.05, 0.1) is 26.6 Å². The van der Waals surface area contributed by atoms with Crippen molar-refractivity contribution in [1.29, 1.82) is 0 Å². The number of esters is 2. The van der Waals surface area contributed by atoms with Crippen LogP contribution in [0.15, 0.2) is 30.3 Å². The summed E-state index contributed by atoms with van der Waals surface area (Å²) in [4.78, 5) is 34.8. The van der Waals surface area contributed by atoms with Gasteiger partial charge in [-0.2, -0.15) is 0 Å². The van der Waals surface area contributed by atoms with Crippen LogP contribution in [0.25, 0.3) is 0 Å². The van der Waals surface area contributed by atoms with Crippen LogP contribution in [0.5, 0.6) is 0 Å². The van der Waals surface area contributed by atoms with Gasteiger partial charge in [-0.25, -0.2) is 9.59 Å². The Kier molecular flexibility index (Phi) is 6.01. The highest BCUT2D eigenvalue weighted by Gasteiger charge is 2.53. The van der Waals surface area contributed by atoms with Crippen molar-refractivity contribution in [1.82, 2.24) is 0 Å². The zero-order valence-electron chi connectivity index (χ0n) is 14.9. The lowest BCUT2D eigenvalue weighted by atomic mass is 9.95. The first kappa shape index (κ1) is 19.5. The van der Waals surface area contributed by atoms with Gasteiger partial charge in [-0.05, 0) is 19.4 Å². The second-order valence-electron chi connectivity index (χ2n) is 6.25. The van der Waals surface area contributed by atoms with Crippen molar-refractivity contribution < 1.29 is 33.3 Å². The molecule has 0 saturated carbocycles. The first-order valence-electron chi connectivity index (χ1n) is 7.96. The Labute approximate surface area is 151 Å². The number of cyclic esters (lactones) is 3. The molecule has 0 radical (unpaired) electrons. The Morgan fingerprint density at radius 1 is 1.23 bits per heavy atom. The average Bonchev–Trinajstić information content (AvgIpc) is 2.87. The summed E-state index contributed by atoms with van der Waals surface area (Å²) in [5.74, 6) is 3.98. The average molecular weight is 360 g/mol. The maximum absolute atomic E-state index is 11.9. The molecule has 26 heavy (non-hydrogen) atoms. The van der Waals surface area contributed by atoms with Crippen molar-refractivity contribution in [3.63, 3.8) is 0 Å². The Morgan fingerprint density at radius 3 is 2.50 bits per heavy atom. The summed E-state index contributed by atoms with van der Waals surface area (Å²) < 4.78 is 19.6. The fourth-order valence-corrected chi connectivity index (χ4v) is 2.25. The highest BCUT2D eigenvalue weighted by molar-refractivity contribution is 5.97. The van der Waals surface area contributed by atoms with E-state index in [0.29, 0.717) is 6.61 Å². The predicted molar refractivity (Wildman–Crippen MR) is 89.6 cm³/mol. The Bertz CT molecular complexity index is 742. The molecule has 1 saturated heterocycles. The van der Waals surface area contributed by atoms with Gasteiger partial charge in [0.2, 0.25) is 5.60 Å². The van der Waals surface area contributed by atoms with Crippen molar-refractivity contribution >= 4 is 18.1 Å². The zero-order valence-corrected chi connectivity index (χ0v) is 14.9.